The van der Waals surface area contributed by atoms with Crippen LogP contribution in [-0.2, 0) is 28.8 Å². The number of hydrogen-bond donors (Lipinski definition) is 0. The van der Waals surface area contributed by atoms with E-state index in [-0.39, 0.29) is 71.3 Å². The van der Waals surface area contributed by atoms with Crippen LogP contribution in [0.4, 0.5) is 0 Å². The van der Waals surface area contributed by atoms with Crippen molar-refractivity contribution in [2.45, 2.75) is 141 Å². The summed E-state index contributed by atoms with van der Waals surface area (Å²) >= 11 is 0. The molecule has 0 aromatic rings. The van der Waals surface area contributed by atoms with Crippen molar-refractivity contribution in [3.8, 4) is 0 Å². The van der Waals surface area contributed by atoms with E-state index in [1.807, 2.05) is 41.5 Å². The molecule has 0 bridgehead atoms. The molecule has 0 spiro atoms. The maximum absolute atomic E-state index is 11.3. The summed E-state index contributed by atoms with van der Waals surface area (Å²) in [5.74, 6) is 0.354. The van der Waals surface area contributed by atoms with Gasteiger partial charge in [-0.15, -0.1) is 0 Å². The Balaban J connectivity index is 0. The summed E-state index contributed by atoms with van der Waals surface area (Å²) in [4.78, 5) is 71.3. The molecule has 3 rings (SSSR count). The van der Waals surface area contributed by atoms with Crippen molar-refractivity contribution in [3.05, 3.63) is 0 Å². The first-order valence-corrected chi connectivity index (χ1v) is 14.8. The Labute approximate surface area is 243 Å². The van der Waals surface area contributed by atoms with Gasteiger partial charge < -0.3 is 0 Å². The molecule has 0 radical (unpaired) electrons. The first-order valence-electron chi connectivity index (χ1n) is 14.8. The highest BCUT2D eigenvalue weighted by molar-refractivity contribution is 6.04. The van der Waals surface area contributed by atoms with Gasteiger partial charge in [0.05, 0.1) is 0 Å². The Morgan fingerprint density at radius 1 is 0.500 bits per heavy atom. The van der Waals surface area contributed by atoms with E-state index < -0.39 is 0 Å². The largest absolute Gasteiger partial charge is 0.280 e. The summed E-state index contributed by atoms with van der Waals surface area (Å²) in [7, 11) is 0. The third-order valence-corrected chi connectivity index (χ3v) is 5.77. The van der Waals surface area contributed by atoms with Gasteiger partial charge >= 0.3 is 0 Å². The smallest absolute Gasteiger partial charge is 0.232 e. The fourth-order valence-electron chi connectivity index (χ4n) is 4.05. The highest BCUT2D eigenvalue weighted by Gasteiger charge is 2.38. The molecular weight excluding hydrogens is 510 g/mol. The van der Waals surface area contributed by atoms with Crippen molar-refractivity contribution >= 4 is 35.4 Å². The number of amides is 6. The SMILES string of the molecule is CC(C)C.CC1CC(=O)N(C(C)C)C1=O.CC1CC(=O)N(C(C)C)C1=O.CC1CC(=O)N(C(C)C)C1=O.CCC. The minimum absolute atomic E-state index is 0.0138. The van der Waals surface area contributed by atoms with E-state index in [1.165, 1.54) is 21.1 Å². The number of rotatable bonds is 3. The van der Waals surface area contributed by atoms with Gasteiger partial charge in [0.25, 0.3) is 0 Å². The Morgan fingerprint density at radius 3 is 0.700 bits per heavy atom. The second kappa shape index (κ2) is 18.7. The number of imide groups is 3. The van der Waals surface area contributed by atoms with Crippen LogP contribution < -0.4 is 0 Å². The van der Waals surface area contributed by atoms with Crippen molar-refractivity contribution in [2.24, 2.45) is 23.7 Å². The lowest BCUT2D eigenvalue weighted by Gasteiger charge is -2.18. The second-order valence-electron chi connectivity index (χ2n) is 12.3. The summed E-state index contributed by atoms with van der Waals surface area (Å²) in [5.41, 5.74) is 0. The zero-order valence-corrected chi connectivity index (χ0v) is 27.7. The van der Waals surface area contributed by atoms with E-state index in [9.17, 15) is 28.8 Å². The maximum Gasteiger partial charge on any atom is 0.232 e. The monoisotopic (exact) mass is 567 g/mol. The number of carbonyl (C=O) groups is 6. The Morgan fingerprint density at radius 2 is 0.650 bits per heavy atom. The van der Waals surface area contributed by atoms with E-state index in [4.69, 9.17) is 0 Å². The van der Waals surface area contributed by atoms with Crippen molar-refractivity contribution in [2.75, 3.05) is 0 Å². The third-order valence-electron chi connectivity index (χ3n) is 5.77. The van der Waals surface area contributed by atoms with Crippen LogP contribution in [0, 0.1) is 23.7 Å². The fraction of sp³-hybridized carbons (Fsp3) is 0.806. The minimum atomic E-state index is -0.107. The molecule has 3 fully saturated rings. The number of likely N-dealkylation sites (tertiary alicyclic amines) is 3. The van der Waals surface area contributed by atoms with E-state index in [1.54, 1.807) is 20.8 Å². The molecule has 0 saturated carbocycles. The molecule has 0 aliphatic carbocycles. The topological polar surface area (TPSA) is 112 Å². The van der Waals surface area contributed by atoms with Crippen LogP contribution in [0.5, 0.6) is 0 Å². The summed E-state index contributed by atoms with van der Waals surface area (Å²) in [5, 5.41) is 0. The summed E-state index contributed by atoms with van der Waals surface area (Å²) < 4.78 is 0. The fourth-order valence-corrected chi connectivity index (χ4v) is 4.05. The molecule has 3 unspecified atom stereocenters. The minimum Gasteiger partial charge on any atom is -0.280 e. The molecule has 3 heterocycles. The van der Waals surface area contributed by atoms with Gasteiger partial charge in [-0.25, -0.2) is 0 Å². The number of nitrogens with zero attached hydrogens (tertiary/aromatic N) is 3. The van der Waals surface area contributed by atoms with Gasteiger partial charge in [-0.1, -0.05) is 61.8 Å². The molecule has 0 aromatic heterocycles. The molecule has 0 N–H and O–H groups in total. The Kier molecular flexibility index (Phi) is 18.5. The van der Waals surface area contributed by atoms with E-state index in [0.717, 1.165) is 5.92 Å². The van der Waals surface area contributed by atoms with Gasteiger partial charge in [-0.05, 0) is 47.5 Å². The van der Waals surface area contributed by atoms with Crippen molar-refractivity contribution in [1.82, 2.24) is 14.7 Å². The van der Waals surface area contributed by atoms with Gasteiger partial charge in [-0.3, -0.25) is 43.5 Å². The molecule has 6 amide bonds. The van der Waals surface area contributed by atoms with Crippen LogP contribution in [0.25, 0.3) is 0 Å². The van der Waals surface area contributed by atoms with E-state index >= 15 is 0 Å². The third kappa shape index (κ3) is 12.7. The summed E-state index contributed by atoms with van der Waals surface area (Å²) in [6, 6.07) is 0.0415. The predicted molar refractivity (Wildman–Crippen MR) is 159 cm³/mol. The molecule has 3 saturated heterocycles. The molecule has 9 nitrogen and oxygen atoms in total. The average Bonchev–Trinajstić information content (AvgIpc) is 3.31. The highest BCUT2D eigenvalue weighted by atomic mass is 16.2. The first kappa shape index (κ1) is 39.6. The van der Waals surface area contributed by atoms with Crippen LogP contribution >= 0.6 is 0 Å². The average molecular weight is 568 g/mol. The molecule has 232 valence electrons. The van der Waals surface area contributed by atoms with Crippen LogP contribution in [0.15, 0.2) is 0 Å². The van der Waals surface area contributed by atoms with Crippen molar-refractivity contribution in [3.63, 3.8) is 0 Å². The summed E-state index contributed by atoms with van der Waals surface area (Å²) in [6.07, 6.45) is 2.41. The highest BCUT2D eigenvalue weighted by Crippen LogP contribution is 2.22. The summed E-state index contributed by atoms with van der Waals surface area (Å²) in [6.45, 7) is 27.3. The lowest BCUT2D eigenvalue weighted by Crippen LogP contribution is -2.36. The van der Waals surface area contributed by atoms with E-state index in [0.29, 0.717) is 19.3 Å². The molecule has 3 aliphatic rings. The van der Waals surface area contributed by atoms with Crippen molar-refractivity contribution in [1.29, 1.82) is 0 Å². The molecule has 3 atom stereocenters. The molecular formula is C31H57N3O6. The van der Waals surface area contributed by atoms with Gasteiger partial charge in [-0.2, -0.15) is 0 Å². The predicted octanol–water partition coefficient (Wildman–Crippen LogP) is 5.45. The zero-order chi connectivity index (χ0) is 32.1. The van der Waals surface area contributed by atoms with Gasteiger partial charge in [0, 0.05) is 55.1 Å². The van der Waals surface area contributed by atoms with Gasteiger partial charge in [0.15, 0.2) is 0 Å². The van der Waals surface area contributed by atoms with Crippen LogP contribution in [0.1, 0.15) is 123 Å². The lowest BCUT2D eigenvalue weighted by atomic mass is 10.1. The molecule has 40 heavy (non-hydrogen) atoms. The Hall–Kier alpha value is -2.58. The molecule has 9 heteroatoms. The molecule has 0 aromatic carbocycles. The first-order chi connectivity index (χ1) is 18.3. The maximum atomic E-state index is 11.3. The van der Waals surface area contributed by atoms with E-state index in [2.05, 4.69) is 34.6 Å². The zero-order valence-electron chi connectivity index (χ0n) is 27.7. The van der Waals surface area contributed by atoms with Crippen LogP contribution in [0.2, 0.25) is 0 Å². The van der Waals surface area contributed by atoms with Crippen LogP contribution in [-0.4, -0.2) is 68.3 Å². The number of carbonyl (C=O) groups excluding carboxylic acids is 6. The lowest BCUT2D eigenvalue weighted by molar-refractivity contribution is -0.142. The number of hydrogen-bond acceptors (Lipinski definition) is 6. The second-order valence-corrected chi connectivity index (χ2v) is 12.3. The van der Waals surface area contributed by atoms with Crippen molar-refractivity contribution < 1.29 is 28.8 Å². The van der Waals surface area contributed by atoms with Gasteiger partial charge in [0.1, 0.15) is 0 Å². The van der Waals surface area contributed by atoms with Crippen LogP contribution in [0.3, 0.4) is 0 Å². The molecule has 3 aliphatic heterocycles. The standard InChI is InChI=1S/3C8H13NO2.C4H10.C3H8/c3*1-5(2)9-7(10)4-6(3)8(9)11;1-4(2)3;1-3-2/h3*5-6H,4H2,1-3H3;4H,1-3H3;3H2,1-2H3. The normalized spacial score (nSPS) is 22.4. The quantitative estimate of drug-likeness (QED) is 0.419. The van der Waals surface area contributed by atoms with Gasteiger partial charge in [0.2, 0.25) is 35.4 Å². The Bertz CT molecular complexity index is 758.